The molecule has 3 nitrogen and oxygen atoms in total. The van der Waals surface area contributed by atoms with Crippen LogP contribution in [0, 0.1) is 0 Å². The Kier molecular flexibility index (Phi) is 7.83. The molecule has 2 atom stereocenters. The van der Waals surface area contributed by atoms with Crippen molar-refractivity contribution in [1.29, 1.82) is 0 Å². The maximum atomic E-state index is 11.6. The quantitative estimate of drug-likeness (QED) is 0.291. The van der Waals surface area contributed by atoms with Crippen molar-refractivity contribution in [3.63, 3.8) is 0 Å². The van der Waals surface area contributed by atoms with Crippen LogP contribution in [0.1, 0.15) is 34.3 Å². The highest BCUT2D eigenvalue weighted by Crippen LogP contribution is 2.32. The molecule has 4 rings (SSSR count). The molecule has 0 unspecified atom stereocenters. The molecule has 0 aliphatic heterocycles. The summed E-state index contributed by atoms with van der Waals surface area (Å²) < 4.78 is 6.09. The Labute approximate surface area is 190 Å². The maximum Gasteiger partial charge on any atom is 0.0840 e. The van der Waals surface area contributed by atoms with E-state index in [9.17, 15) is 5.21 Å². The SMILES string of the molecule is ON([C@H](Cc1ccccc1)c1ccccc1)[C@@H](COCc1ccccc1)c1ccccc1. The Hall–Kier alpha value is -3.24. The van der Waals surface area contributed by atoms with Crippen LogP contribution in [0.15, 0.2) is 121 Å². The van der Waals surface area contributed by atoms with Crippen molar-refractivity contribution in [2.75, 3.05) is 6.61 Å². The number of hydrogen-bond donors (Lipinski definition) is 1. The average molecular weight is 424 g/mol. The molecule has 0 aromatic heterocycles. The van der Waals surface area contributed by atoms with Crippen molar-refractivity contribution in [1.82, 2.24) is 5.06 Å². The second kappa shape index (κ2) is 11.4. The largest absolute Gasteiger partial charge is 0.375 e. The third kappa shape index (κ3) is 5.92. The first-order valence-electron chi connectivity index (χ1n) is 11.0. The van der Waals surface area contributed by atoms with Crippen molar-refractivity contribution >= 4 is 0 Å². The zero-order valence-corrected chi connectivity index (χ0v) is 18.1. The molecule has 162 valence electrons. The van der Waals surface area contributed by atoms with Gasteiger partial charge in [-0.15, -0.1) is 0 Å². The molecule has 3 heteroatoms. The highest BCUT2D eigenvalue weighted by atomic mass is 16.5. The summed E-state index contributed by atoms with van der Waals surface area (Å²) in [6, 6.07) is 40.2. The molecule has 0 saturated carbocycles. The predicted molar refractivity (Wildman–Crippen MR) is 128 cm³/mol. The van der Waals surface area contributed by atoms with E-state index in [0.717, 1.165) is 16.7 Å². The third-order valence-electron chi connectivity index (χ3n) is 5.67. The van der Waals surface area contributed by atoms with E-state index in [0.29, 0.717) is 19.6 Å². The van der Waals surface area contributed by atoms with Crippen LogP contribution < -0.4 is 0 Å². The summed E-state index contributed by atoms with van der Waals surface area (Å²) in [5.41, 5.74) is 4.39. The van der Waals surface area contributed by atoms with Gasteiger partial charge in [-0.05, 0) is 28.7 Å². The molecule has 4 aromatic rings. The zero-order valence-electron chi connectivity index (χ0n) is 18.1. The van der Waals surface area contributed by atoms with E-state index in [4.69, 9.17) is 4.74 Å². The van der Waals surface area contributed by atoms with Gasteiger partial charge in [-0.3, -0.25) is 0 Å². The molecule has 0 aliphatic carbocycles. The van der Waals surface area contributed by atoms with E-state index in [1.54, 1.807) is 0 Å². The third-order valence-corrected chi connectivity index (χ3v) is 5.67. The van der Waals surface area contributed by atoms with Gasteiger partial charge in [-0.25, -0.2) is 0 Å². The van der Waals surface area contributed by atoms with Crippen molar-refractivity contribution in [2.24, 2.45) is 0 Å². The molecule has 0 fully saturated rings. The lowest BCUT2D eigenvalue weighted by atomic mass is 9.96. The Morgan fingerprint density at radius 2 is 1.00 bits per heavy atom. The minimum atomic E-state index is -0.297. The zero-order chi connectivity index (χ0) is 22.0. The van der Waals surface area contributed by atoms with E-state index in [1.807, 2.05) is 84.9 Å². The summed E-state index contributed by atoms with van der Waals surface area (Å²) in [6.45, 7) is 0.889. The first-order chi connectivity index (χ1) is 15.8. The van der Waals surface area contributed by atoms with Crippen LogP contribution in [-0.4, -0.2) is 16.9 Å². The number of hydrogen-bond acceptors (Lipinski definition) is 3. The van der Waals surface area contributed by atoms with Crippen molar-refractivity contribution in [3.05, 3.63) is 144 Å². The summed E-state index contributed by atoms with van der Waals surface area (Å²) >= 11 is 0. The fourth-order valence-electron chi connectivity index (χ4n) is 3.96. The van der Waals surface area contributed by atoms with Gasteiger partial charge in [0, 0.05) is 0 Å². The van der Waals surface area contributed by atoms with Crippen LogP contribution >= 0.6 is 0 Å². The number of hydroxylamine groups is 2. The molecule has 0 amide bonds. The minimum Gasteiger partial charge on any atom is -0.375 e. The Morgan fingerprint density at radius 3 is 1.53 bits per heavy atom. The van der Waals surface area contributed by atoms with Crippen LogP contribution in [0.3, 0.4) is 0 Å². The molecule has 0 saturated heterocycles. The lowest BCUT2D eigenvalue weighted by Crippen LogP contribution is -2.34. The normalized spacial score (nSPS) is 13.1. The standard InChI is InChI=1S/C29H29NO2/c31-30(28(26-17-9-3-10-18-26)21-24-13-5-1-6-14-24)29(27-19-11-4-12-20-27)23-32-22-25-15-7-2-8-16-25/h1-20,28-29,31H,21-23H2/t28-,29+/m1/s1. The number of nitrogens with zero attached hydrogens (tertiary/aromatic N) is 1. The smallest absolute Gasteiger partial charge is 0.0840 e. The molecule has 0 spiro atoms. The average Bonchev–Trinajstić information content (AvgIpc) is 2.87. The molecule has 32 heavy (non-hydrogen) atoms. The predicted octanol–water partition coefficient (Wildman–Crippen LogP) is 6.62. The van der Waals surface area contributed by atoms with Crippen LogP contribution in [0.5, 0.6) is 0 Å². The number of rotatable bonds is 10. The first-order valence-corrected chi connectivity index (χ1v) is 11.0. The van der Waals surface area contributed by atoms with E-state index < -0.39 is 0 Å². The number of benzene rings is 4. The monoisotopic (exact) mass is 423 g/mol. The van der Waals surface area contributed by atoms with E-state index >= 15 is 0 Å². The Balaban J connectivity index is 1.59. The molecule has 1 N–H and O–H groups in total. The van der Waals surface area contributed by atoms with Gasteiger partial charge in [0.1, 0.15) is 0 Å². The second-order valence-corrected chi connectivity index (χ2v) is 7.92. The van der Waals surface area contributed by atoms with Crippen LogP contribution in [-0.2, 0) is 17.8 Å². The highest BCUT2D eigenvalue weighted by molar-refractivity contribution is 5.26. The van der Waals surface area contributed by atoms with E-state index in [-0.39, 0.29) is 12.1 Å². The highest BCUT2D eigenvalue weighted by Gasteiger charge is 2.28. The van der Waals surface area contributed by atoms with E-state index in [1.165, 1.54) is 10.6 Å². The van der Waals surface area contributed by atoms with Crippen LogP contribution in [0.4, 0.5) is 0 Å². The second-order valence-electron chi connectivity index (χ2n) is 7.92. The first kappa shape index (κ1) is 22.0. The molecular formula is C29H29NO2. The van der Waals surface area contributed by atoms with Crippen molar-refractivity contribution < 1.29 is 9.94 Å². The number of ether oxygens (including phenoxy) is 1. The van der Waals surface area contributed by atoms with Gasteiger partial charge in [0.25, 0.3) is 0 Å². The molecule has 4 aromatic carbocycles. The summed E-state index contributed by atoms with van der Waals surface area (Å²) in [7, 11) is 0. The maximum absolute atomic E-state index is 11.6. The van der Waals surface area contributed by atoms with Gasteiger partial charge in [0.05, 0.1) is 25.3 Å². The van der Waals surface area contributed by atoms with Gasteiger partial charge in [0.2, 0.25) is 0 Å². The van der Waals surface area contributed by atoms with Gasteiger partial charge < -0.3 is 9.94 Å². The lowest BCUT2D eigenvalue weighted by Gasteiger charge is -2.34. The molecular weight excluding hydrogens is 394 g/mol. The molecule has 0 heterocycles. The molecule has 0 aliphatic rings. The Morgan fingerprint density at radius 1 is 0.562 bits per heavy atom. The molecule has 0 radical (unpaired) electrons. The Bertz CT molecular complexity index is 1040. The lowest BCUT2D eigenvalue weighted by molar-refractivity contribution is -0.179. The van der Waals surface area contributed by atoms with Crippen molar-refractivity contribution in [2.45, 2.75) is 25.1 Å². The molecule has 0 bridgehead atoms. The van der Waals surface area contributed by atoms with Gasteiger partial charge in [-0.2, -0.15) is 5.06 Å². The summed E-state index contributed by atoms with van der Waals surface area (Å²) in [5.74, 6) is 0. The van der Waals surface area contributed by atoms with Crippen LogP contribution in [0.25, 0.3) is 0 Å². The van der Waals surface area contributed by atoms with Gasteiger partial charge in [0.15, 0.2) is 0 Å². The van der Waals surface area contributed by atoms with E-state index in [2.05, 4.69) is 36.4 Å². The fourth-order valence-corrected chi connectivity index (χ4v) is 3.96. The van der Waals surface area contributed by atoms with Crippen molar-refractivity contribution in [3.8, 4) is 0 Å². The van der Waals surface area contributed by atoms with Crippen LogP contribution in [0.2, 0.25) is 0 Å². The summed E-state index contributed by atoms with van der Waals surface area (Å²) in [5, 5.41) is 13.1. The topological polar surface area (TPSA) is 32.7 Å². The summed E-state index contributed by atoms with van der Waals surface area (Å²) in [4.78, 5) is 0. The minimum absolute atomic E-state index is 0.205. The van der Waals surface area contributed by atoms with Gasteiger partial charge >= 0.3 is 0 Å². The fraction of sp³-hybridized carbons (Fsp3) is 0.172. The summed E-state index contributed by atoms with van der Waals surface area (Å²) in [6.07, 6.45) is 0.698. The van der Waals surface area contributed by atoms with Gasteiger partial charge in [-0.1, -0.05) is 121 Å².